The van der Waals surface area contributed by atoms with Crippen molar-refractivity contribution >= 4 is 11.7 Å². The minimum atomic E-state index is -0.459. The first-order valence-electron chi connectivity index (χ1n) is 7.03. The number of halogens is 1. The molecule has 0 bridgehead atoms. The van der Waals surface area contributed by atoms with Crippen molar-refractivity contribution < 1.29 is 13.9 Å². The predicted molar refractivity (Wildman–Crippen MR) is 78.4 cm³/mol. The molecular weight excluding hydrogens is 259 g/mol. The monoisotopic (exact) mass is 282 g/mol. The number of hydrogen-bond donors (Lipinski definition) is 1. The molecule has 1 aromatic carbocycles. The fourth-order valence-electron chi connectivity index (χ4n) is 2.04. The maximum Gasteiger partial charge on any atom is 0.324 e. The van der Waals surface area contributed by atoms with Crippen LogP contribution in [0.25, 0.3) is 0 Å². The van der Waals surface area contributed by atoms with Gasteiger partial charge in [-0.1, -0.05) is 19.1 Å². The summed E-state index contributed by atoms with van der Waals surface area (Å²) in [7, 11) is 0. The number of anilines is 1. The summed E-state index contributed by atoms with van der Waals surface area (Å²) < 4.78 is 18.9. The quantitative estimate of drug-likeness (QED) is 0.742. The summed E-state index contributed by atoms with van der Waals surface area (Å²) in [5.74, 6) is -0.586. The first-order valence-corrected chi connectivity index (χ1v) is 7.03. The van der Waals surface area contributed by atoms with E-state index in [9.17, 15) is 9.18 Å². The smallest absolute Gasteiger partial charge is 0.324 e. The van der Waals surface area contributed by atoms with Crippen LogP contribution in [0.1, 0.15) is 20.8 Å². The number of nitrogens with zero attached hydrogens (tertiary/aromatic N) is 1. The number of likely N-dealkylation sites (N-methyl/N-ethyl adjacent to an activating group) is 2. The van der Waals surface area contributed by atoms with Gasteiger partial charge < -0.3 is 15.0 Å². The molecule has 0 aliphatic heterocycles. The molecule has 4 nitrogen and oxygen atoms in total. The summed E-state index contributed by atoms with van der Waals surface area (Å²) in [5.41, 5.74) is 0.502. The van der Waals surface area contributed by atoms with E-state index < -0.39 is 6.04 Å². The molecule has 20 heavy (non-hydrogen) atoms. The van der Waals surface area contributed by atoms with Gasteiger partial charge in [0, 0.05) is 13.1 Å². The lowest BCUT2D eigenvalue weighted by Crippen LogP contribution is -2.47. The molecule has 0 fully saturated rings. The van der Waals surface area contributed by atoms with Crippen LogP contribution in [0.4, 0.5) is 10.1 Å². The summed E-state index contributed by atoms with van der Waals surface area (Å²) in [6.07, 6.45) is 0. The number of esters is 1. The zero-order chi connectivity index (χ0) is 15.0. The van der Waals surface area contributed by atoms with Gasteiger partial charge >= 0.3 is 5.97 Å². The zero-order valence-corrected chi connectivity index (χ0v) is 12.4. The van der Waals surface area contributed by atoms with E-state index in [1.807, 2.05) is 18.7 Å². The van der Waals surface area contributed by atoms with Gasteiger partial charge in [0.1, 0.15) is 11.9 Å². The van der Waals surface area contributed by atoms with Crippen molar-refractivity contribution in [3.05, 3.63) is 30.1 Å². The summed E-state index contributed by atoms with van der Waals surface area (Å²) >= 11 is 0. The highest BCUT2D eigenvalue weighted by atomic mass is 19.1. The standard InChI is InChI=1S/C15H23FN2O2/c1-4-17-13(15(19)20-6-3)11-18(5-2)14-10-8-7-9-12(14)16/h7-10,13,17H,4-6,11H2,1-3H3. The molecule has 0 heterocycles. The first-order chi connectivity index (χ1) is 9.63. The maximum absolute atomic E-state index is 13.8. The van der Waals surface area contributed by atoms with Crippen molar-refractivity contribution in [3.8, 4) is 0 Å². The van der Waals surface area contributed by atoms with E-state index in [-0.39, 0.29) is 11.8 Å². The fraction of sp³-hybridized carbons (Fsp3) is 0.533. The molecule has 1 unspecified atom stereocenters. The predicted octanol–water partition coefficient (Wildman–Crippen LogP) is 2.19. The number of carbonyl (C=O) groups excluding carboxylic acids is 1. The minimum Gasteiger partial charge on any atom is -0.465 e. The SMILES string of the molecule is CCNC(CN(CC)c1ccccc1F)C(=O)OCC. The van der Waals surface area contributed by atoms with E-state index in [2.05, 4.69) is 5.32 Å². The molecule has 5 heteroatoms. The lowest BCUT2D eigenvalue weighted by Gasteiger charge is -2.28. The van der Waals surface area contributed by atoms with Crippen LogP contribution in [-0.4, -0.2) is 38.3 Å². The van der Waals surface area contributed by atoms with Crippen LogP contribution in [-0.2, 0) is 9.53 Å². The molecule has 0 radical (unpaired) electrons. The van der Waals surface area contributed by atoms with Gasteiger partial charge in [0.05, 0.1) is 12.3 Å². The van der Waals surface area contributed by atoms with Gasteiger partial charge in [-0.15, -0.1) is 0 Å². The largest absolute Gasteiger partial charge is 0.465 e. The minimum absolute atomic E-state index is 0.284. The fourth-order valence-corrected chi connectivity index (χ4v) is 2.04. The lowest BCUT2D eigenvalue weighted by molar-refractivity contribution is -0.145. The lowest BCUT2D eigenvalue weighted by atomic mass is 10.2. The highest BCUT2D eigenvalue weighted by molar-refractivity contribution is 5.76. The molecule has 1 atom stereocenters. The molecule has 0 aliphatic carbocycles. The van der Waals surface area contributed by atoms with Gasteiger partial charge in [-0.25, -0.2) is 4.39 Å². The molecule has 1 N–H and O–H groups in total. The third kappa shape index (κ3) is 4.49. The molecule has 0 saturated carbocycles. The van der Waals surface area contributed by atoms with Gasteiger partial charge in [0.25, 0.3) is 0 Å². The normalized spacial score (nSPS) is 12.0. The van der Waals surface area contributed by atoms with E-state index in [0.29, 0.717) is 31.9 Å². The van der Waals surface area contributed by atoms with Crippen LogP contribution in [0.15, 0.2) is 24.3 Å². The van der Waals surface area contributed by atoms with Gasteiger partial charge in [0.2, 0.25) is 0 Å². The van der Waals surface area contributed by atoms with Crippen molar-refractivity contribution in [3.63, 3.8) is 0 Å². The van der Waals surface area contributed by atoms with Crippen molar-refractivity contribution in [1.29, 1.82) is 0 Å². The van der Waals surface area contributed by atoms with Crippen molar-refractivity contribution in [2.75, 3.05) is 31.1 Å². The number of para-hydroxylation sites is 1. The number of carbonyl (C=O) groups is 1. The molecule has 0 aromatic heterocycles. The Morgan fingerprint density at radius 3 is 2.60 bits per heavy atom. The van der Waals surface area contributed by atoms with Crippen molar-refractivity contribution in [2.45, 2.75) is 26.8 Å². The Bertz CT molecular complexity index is 426. The molecule has 0 spiro atoms. The molecule has 0 amide bonds. The van der Waals surface area contributed by atoms with Crippen LogP contribution in [0, 0.1) is 5.82 Å². The summed E-state index contributed by atoms with van der Waals surface area (Å²) in [6, 6.07) is 6.12. The van der Waals surface area contributed by atoms with Gasteiger partial charge in [-0.05, 0) is 32.5 Å². The molecule has 1 rings (SSSR count). The topological polar surface area (TPSA) is 41.6 Å². The first kappa shape index (κ1) is 16.4. The molecule has 0 saturated heterocycles. The molecule has 0 aliphatic rings. The van der Waals surface area contributed by atoms with Crippen LogP contribution in [0.3, 0.4) is 0 Å². The highest BCUT2D eigenvalue weighted by Crippen LogP contribution is 2.18. The second-order valence-corrected chi connectivity index (χ2v) is 4.35. The zero-order valence-electron chi connectivity index (χ0n) is 12.4. The van der Waals surface area contributed by atoms with Crippen LogP contribution in [0.2, 0.25) is 0 Å². The van der Waals surface area contributed by atoms with Gasteiger partial charge in [-0.3, -0.25) is 4.79 Å². The Kier molecular flexibility index (Phi) is 7.01. The second kappa shape index (κ2) is 8.53. The van der Waals surface area contributed by atoms with Gasteiger partial charge in [-0.2, -0.15) is 0 Å². The van der Waals surface area contributed by atoms with Crippen molar-refractivity contribution in [2.24, 2.45) is 0 Å². The Balaban J connectivity index is 2.83. The van der Waals surface area contributed by atoms with E-state index >= 15 is 0 Å². The maximum atomic E-state index is 13.8. The summed E-state index contributed by atoms with van der Waals surface area (Å²) in [5, 5.41) is 3.08. The van der Waals surface area contributed by atoms with Gasteiger partial charge in [0.15, 0.2) is 0 Å². The van der Waals surface area contributed by atoms with E-state index in [1.165, 1.54) is 6.07 Å². The Morgan fingerprint density at radius 2 is 2.05 bits per heavy atom. The number of rotatable bonds is 8. The van der Waals surface area contributed by atoms with Crippen LogP contribution >= 0.6 is 0 Å². The third-order valence-corrected chi connectivity index (χ3v) is 3.00. The molecule has 1 aromatic rings. The van der Waals surface area contributed by atoms with E-state index in [0.717, 1.165) is 0 Å². The van der Waals surface area contributed by atoms with Crippen LogP contribution < -0.4 is 10.2 Å². The van der Waals surface area contributed by atoms with Crippen LogP contribution in [0.5, 0.6) is 0 Å². The Morgan fingerprint density at radius 1 is 1.35 bits per heavy atom. The second-order valence-electron chi connectivity index (χ2n) is 4.35. The summed E-state index contributed by atoms with van der Waals surface area (Å²) in [4.78, 5) is 13.7. The number of ether oxygens (including phenoxy) is 1. The Hall–Kier alpha value is -1.62. The third-order valence-electron chi connectivity index (χ3n) is 3.00. The number of nitrogens with one attached hydrogen (secondary N) is 1. The number of benzene rings is 1. The molecule has 112 valence electrons. The highest BCUT2D eigenvalue weighted by Gasteiger charge is 2.22. The number of hydrogen-bond acceptors (Lipinski definition) is 4. The average molecular weight is 282 g/mol. The average Bonchev–Trinajstić information content (AvgIpc) is 2.44. The Labute approximate surface area is 119 Å². The summed E-state index contributed by atoms with van der Waals surface area (Å²) in [6.45, 7) is 7.61. The van der Waals surface area contributed by atoms with E-state index in [1.54, 1.807) is 25.1 Å². The molecular formula is C15H23FN2O2. The van der Waals surface area contributed by atoms with Crippen molar-refractivity contribution in [1.82, 2.24) is 5.32 Å². The van der Waals surface area contributed by atoms with E-state index in [4.69, 9.17) is 4.74 Å².